The number of aryl methyl sites for hydroxylation is 3. The molecule has 1 aliphatic heterocycles. The van der Waals surface area contributed by atoms with Gasteiger partial charge < -0.3 is 10.2 Å². The summed E-state index contributed by atoms with van der Waals surface area (Å²) in [5.74, 6) is 2.59. The Labute approximate surface area is 162 Å². The average molecular weight is 389 g/mol. The number of nitrogens with zero attached hydrogens (tertiary/aromatic N) is 3. The van der Waals surface area contributed by atoms with E-state index in [9.17, 15) is 8.42 Å². The summed E-state index contributed by atoms with van der Waals surface area (Å²) >= 11 is 0. The van der Waals surface area contributed by atoms with Crippen LogP contribution in [0.4, 0.5) is 17.3 Å². The molecule has 0 saturated carbocycles. The summed E-state index contributed by atoms with van der Waals surface area (Å²) in [5, 5.41) is 3.49. The fourth-order valence-electron chi connectivity index (χ4n) is 3.60. The first-order chi connectivity index (χ1) is 12.8. The second-order valence-corrected chi connectivity index (χ2v) is 9.34. The zero-order valence-corrected chi connectivity index (χ0v) is 17.3. The molecule has 0 radical (unpaired) electrons. The Bertz CT molecular complexity index is 905. The summed E-state index contributed by atoms with van der Waals surface area (Å²) < 4.78 is 23.6. The molecule has 1 aliphatic rings. The molecule has 0 aliphatic carbocycles. The molecule has 0 amide bonds. The van der Waals surface area contributed by atoms with E-state index in [0.717, 1.165) is 30.2 Å². The summed E-state index contributed by atoms with van der Waals surface area (Å²) in [6.07, 6.45) is 2.52. The van der Waals surface area contributed by atoms with Gasteiger partial charge in [0.05, 0.1) is 11.5 Å². The molecule has 3 rings (SSSR count). The van der Waals surface area contributed by atoms with Crippen LogP contribution >= 0.6 is 0 Å². The lowest BCUT2D eigenvalue weighted by Gasteiger charge is -2.25. The first-order valence-corrected chi connectivity index (χ1v) is 11.3. The van der Waals surface area contributed by atoms with Crippen molar-refractivity contribution < 1.29 is 8.42 Å². The summed E-state index contributed by atoms with van der Waals surface area (Å²) in [5.41, 5.74) is 3.61. The second-order valence-electron chi connectivity index (χ2n) is 7.11. The van der Waals surface area contributed by atoms with E-state index in [1.165, 1.54) is 11.1 Å². The molecule has 1 atom stereocenters. The van der Waals surface area contributed by atoms with Gasteiger partial charge in [0.25, 0.3) is 0 Å². The molecular weight excluding hydrogens is 360 g/mol. The summed E-state index contributed by atoms with van der Waals surface area (Å²) in [4.78, 5) is 11.1. The standard InChI is InChI=1S/C20H28N4O2S/c1-5-15-8-7-9-16(6-2)20(15)23-18-12-19(22-14(3)21-18)24(4)17-10-11-27(25,26)13-17/h7-9,12,17H,5-6,10-11,13H2,1-4H3,(H,21,22,23). The van der Waals surface area contributed by atoms with Gasteiger partial charge in [-0.2, -0.15) is 0 Å². The predicted molar refractivity (Wildman–Crippen MR) is 111 cm³/mol. The Morgan fingerprint density at radius 2 is 1.85 bits per heavy atom. The van der Waals surface area contributed by atoms with Crippen molar-refractivity contribution in [1.82, 2.24) is 9.97 Å². The van der Waals surface area contributed by atoms with Crippen LogP contribution in [0.25, 0.3) is 0 Å². The Morgan fingerprint density at radius 3 is 2.41 bits per heavy atom. The third-order valence-electron chi connectivity index (χ3n) is 5.19. The van der Waals surface area contributed by atoms with Crippen molar-refractivity contribution in [3.8, 4) is 0 Å². The van der Waals surface area contributed by atoms with Crippen LogP contribution < -0.4 is 10.2 Å². The molecule has 1 saturated heterocycles. The molecule has 7 heteroatoms. The van der Waals surface area contributed by atoms with E-state index in [0.29, 0.717) is 12.2 Å². The van der Waals surface area contributed by atoms with Gasteiger partial charge in [-0.1, -0.05) is 32.0 Å². The van der Waals surface area contributed by atoms with Crippen molar-refractivity contribution in [3.05, 3.63) is 41.2 Å². The molecule has 27 heavy (non-hydrogen) atoms. The molecule has 1 unspecified atom stereocenters. The molecule has 2 heterocycles. The predicted octanol–water partition coefficient (Wildman–Crippen LogP) is 3.28. The molecule has 1 aromatic carbocycles. The number of aromatic nitrogens is 2. The van der Waals surface area contributed by atoms with Gasteiger partial charge in [0.2, 0.25) is 0 Å². The molecular formula is C20H28N4O2S. The number of sulfone groups is 1. The number of hydrogen-bond acceptors (Lipinski definition) is 6. The van der Waals surface area contributed by atoms with Crippen molar-refractivity contribution in [2.75, 3.05) is 28.8 Å². The van der Waals surface area contributed by atoms with Crippen molar-refractivity contribution >= 4 is 27.2 Å². The minimum atomic E-state index is -2.94. The van der Waals surface area contributed by atoms with Gasteiger partial charge >= 0.3 is 0 Å². The number of para-hydroxylation sites is 1. The lowest BCUT2D eigenvalue weighted by Crippen LogP contribution is -2.33. The maximum Gasteiger partial charge on any atom is 0.152 e. The van der Waals surface area contributed by atoms with E-state index in [4.69, 9.17) is 0 Å². The Kier molecular flexibility index (Phi) is 5.69. The van der Waals surface area contributed by atoms with Crippen LogP contribution in [-0.2, 0) is 22.7 Å². The van der Waals surface area contributed by atoms with Crippen LogP contribution in [0, 0.1) is 6.92 Å². The van der Waals surface area contributed by atoms with Crippen molar-refractivity contribution in [2.24, 2.45) is 0 Å². The van der Waals surface area contributed by atoms with Crippen LogP contribution in [0.1, 0.15) is 37.2 Å². The van der Waals surface area contributed by atoms with E-state index in [1.807, 2.05) is 24.9 Å². The van der Waals surface area contributed by atoms with Crippen LogP contribution in [0.3, 0.4) is 0 Å². The highest BCUT2D eigenvalue weighted by Gasteiger charge is 2.31. The van der Waals surface area contributed by atoms with E-state index in [1.54, 1.807) is 0 Å². The summed E-state index contributed by atoms with van der Waals surface area (Å²) in [6, 6.07) is 8.22. The minimum absolute atomic E-state index is 0.0359. The first kappa shape index (κ1) is 19.6. The summed E-state index contributed by atoms with van der Waals surface area (Å²) in [7, 11) is -1.02. The van der Waals surface area contributed by atoms with Gasteiger partial charge in [-0.25, -0.2) is 18.4 Å². The molecule has 146 valence electrons. The zero-order chi connectivity index (χ0) is 19.6. The highest BCUT2D eigenvalue weighted by atomic mass is 32.2. The fourth-order valence-corrected chi connectivity index (χ4v) is 5.37. The normalized spacial score (nSPS) is 18.4. The molecule has 1 aromatic heterocycles. The monoisotopic (exact) mass is 388 g/mol. The number of hydrogen-bond donors (Lipinski definition) is 1. The Morgan fingerprint density at radius 1 is 1.19 bits per heavy atom. The Hall–Kier alpha value is -2.15. The summed E-state index contributed by atoms with van der Waals surface area (Å²) in [6.45, 7) is 6.15. The van der Waals surface area contributed by atoms with Crippen molar-refractivity contribution in [1.29, 1.82) is 0 Å². The topological polar surface area (TPSA) is 75.2 Å². The molecule has 6 nitrogen and oxygen atoms in total. The third kappa shape index (κ3) is 4.40. The van der Waals surface area contributed by atoms with E-state index < -0.39 is 9.84 Å². The van der Waals surface area contributed by atoms with Gasteiger partial charge in [0.1, 0.15) is 17.5 Å². The van der Waals surface area contributed by atoms with Crippen LogP contribution in [0.15, 0.2) is 24.3 Å². The van der Waals surface area contributed by atoms with Crippen molar-refractivity contribution in [3.63, 3.8) is 0 Å². The Balaban J connectivity index is 1.91. The molecule has 1 fully saturated rings. The van der Waals surface area contributed by atoms with E-state index in [2.05, 4.69) is 47.3 Å². The lowest BCUT2D eigenvalue weighted by molar-refractivity contribution is 0.600. The average Bonchev–Trinajstić information content (AvgIpc) is 3.00. The maximum absolute atomic E-state index is 11.8. The maximum atomic E-state index is 11.8. The molecule has 1 N–H and O–H groups in total. The van der Waals surface area contributed by atoms with Gasteiger partial charge in [-0.15, -0.1) is 0 Å². The number of nitrogens with one attached hydrogen (secondary N) is 1. The van der Waals surface area contributed by atoms with Crippen molar-refractivity contribution in [2.45, 2.75) is 46.1 Å². The van der Waals surface area contributed by atoms with Gasteiger partial charge in [-0.3, -0.25) is 0 Å². The lowest BCUT2D eigenvalue weighted by atomic mass is 10.0. The largest absolute Gasteiger partial charge is 0.355 e. The number of anilines is 3. The van der Waals surface area contributed by atoms with Gasteiger partial charge in [-0.05, 0) is 37.3 Å². The zero-order valence-electron chi connectivity index (χ0n) is 16.5. The molecule has 2 aromatic rings. The van der Waals surface area contributed by atoms with Crippen LogP contribution in [0.2, 0.25) is 0 Å². The third-order valence-corrected chi connectivity index (χ3v) is 6.94. The van der Waals surface area contributed by atoms with Crippen LogP contribution in [0.5, 0.6) is 0 Å². The van der Waals surface area contributed by atoms with E-state index in [-0.39, 0.29) is 17.5 Å². The molecule has 0 spiro atoms. The quantitative estimate of drug-likeness (QED) is 0.818. The smallest absolute Gasteiger partial charge is 0.152 e. The second kappa shape index (κ2) is 7.84. The SMILES string of the molecule is CCc1cccc(CC)c1Nc1cc(N(C)C2CCS(=O)(=O)C2)nc(C)n1. The number of benzene rings is 1. The first-order valence-electron chi connectivity index (χ1n) is 9.49. The van der Waals surface area contributed by atoms with Gasteiger partial charge in [0, 0.05) is 24.8 Å². The highest BCUT2D eigenvalue weighted by molar-refractivity contribution is 7.91. The minimum Gasteiger partial charge on any atom is -0.355 e. The molecule has 0 bridgehead atoms. The number of rotatable bonds is 6. The van der Waals surface area contributed by atoms with Gasteiger partial charge in [0.15, 0.2) is 9.84 Å². The van der Waals surface area contributed by atoms with Crippen LogP contribution in [-0.4, -0.2) is 43.0 Å². The fraction of sp³-hybridized carbons (Fsp3) is 0.500. The van der Waals surface area contributed by atoms with E-state index >= 15 is 0 Å². The highest BCUT2D eigenvalue weighted by Crippen LogP contribution is 2.28.